The molecule has 3 rings (SSSR count). The zero-order valence-corrected chi connectivity index (χ0v) is 16.0. The fourth-order valence-electron chi connectivity index (χ4n) is 2.50. The van der Waals surface area contributed by atoms with Crippen LogP contribution in [0.1, 0.15) is 0 Å². The standard InChI is InChI=1S/C18H16Cl2F2N4O2/c19-11-5-9(13(22)7-12(11)20)18-25-15-8-16(28-4-3-27-2-1-21)14(23)6-10(15)17(24)26-18/h5-8H,1-4,23H2,(H2,24,25,26). The predicted octanol–water partition coefficient (Wildman–Crippen LogP) is 4.27. The summed E-state index contributed by atoms with van der Waals surface area (Å²) >= 11 is 11.8. The van der Waals surface area contributed by atoms with Gasteiger partial charge in [-0.2, -0.15) is 0 Å². The highest BCUT2D eigenvalue weighted by Crippen LogP contribution is 2.34. The van der Waals surface area contributed by atoms with Crippen molar-refractivity contribution in [1.29, 1.82) is 0 Å². The van der Waals surface area contributed by atoms with Crippen LogP contribution in [0.25, 0.3) is 22.3 Å². The van der Waals surface area contributed by atoms with E-state index in [2.05, 4.69) is 9.97 Å². The van der Waals surface area contributed by atoms with Gasteiger partial charge in [-0.25, -0.2) is 18.7 Å². The first-order chi connectivity index (χ1) is 13.4. The van der Waals surface area contributed by atoms with Gasteiger partial charge in [-0.1, -0.05) is 23.2 Å². The number of halogens is 4. The van der Waals surface area contributed by atoms with Crippen LogP contribution in [0.4, 0.5) is 20.3 Å². The molecule has 0 radical (unpaired) electrons. The lowest BCUT2D eigenvalue weighted by Crippen LogP contribution is -2.09. The fraction of sp³-hybridized carbons (Fsp3) is 0.222. The highest BCUT2D eigenvalue weighted by molar-refractivity contribution is 6.42. The largest absolute Gasteiger partial charge is 0.489 e. The van der Waals surface area contributed by atoms with Crippen molar-refractivity contribution in [3.63, 3.8) is 0 Å². The highest BCUT2D eigenvalue weighted by atomic mass is 35.5. The molecule has 0 aliphatic heterocycles. The molecule has 0 aliphatic carbocycles. The summed E-state index contributed by atoms with van der Waals surface area (Å²) in [5.74, 6) is -0.127. The lowest BCUT2D eigenvalue weighted by Gasteiger charge is -2.12. The molecule has 0 spiro atoms. The molecule has 0 fully saturated rings. The molecule has 0 bridgehead atoms. The van der Waals surface area contributed by atoms with Gasteiger partial charge in [0.05, 0.1) is 40.0 Å². The molecule has 6 nitrogen and oxygen atoms in total. The maximum atomic E-state index is 14.3. The number of anilines is 2. The molecule has 0 unspecified atom stereocenters. The van der Waals surface area contributed by atoms with Crippen molar-refractivity contribution in [1.82, 2.24) is 9.97 Å². The van der Waals surface area contributed by atoms with Crippen LogP contribution >= 0.6 is 23.2 Å². The quantitative estimate of drug-likeness (QED) is 0.331. The molecule has 4 N–H and O–H groups in total. The molecule has 1 aromatic heterocycles. The first-order valence-corrected chi connectivity index (χ1v) is 8.94. The number of alkyl halides is 1. The van der Waals surface area contributed by atoms with Crippen LogP contribution in [-0.2, 0) is 4.74 Å². The molecule has 0 atom stereocenters. The summed E-state index contributed by atoms with van der Waals surface area (Å²) in [4.78, 5) is 8.49. The van der Waals surface area contributed by atoms with E-state index in [1.54, 1.807) is 12.1 Å². The summed E-state index contributed by atoms with van der Waals surface area (Å²) in [5, 5.41) is 0.729. The van der Waals surface area contributed by atoms with E-state index < -0.39 is 12.5 Å². The van der Waals surface area contributed by atoms with Crippen LogP contribution in [0, 0.1) is 5.82 Å². The summed E-state index contributed by atoms with van der Waals surface area (Å²) in [7, 11) is 0. The Labute approximate surface area is 169 Å². The maximum absolute atomic E-state index is 14.3. The number of rotatable bonds is 7. The van der Waals surface area contributed by atoms with Crippen molar-refractivity contribution < 1.29 is 18.3 Å². The molecule has 0 saturated carbocycles. The van der Waals surface area contributed by atoms with Crippen LogP contribution in [-0.4, -0.2) is 36.5 Å². The zero-order chi connectivity index (χ0) is 20.3. The first-order valence-electron chi connectivity index (χ1n) is 8.19. The lowest BCUT2D eigenvalue weighted by atomic mass is 10.1. The lowest BCUT2D eigenvalue weighted by molar-refractivity contribution is 0.0899. The van der Waals surface area contributed by atoms with Crippen molar-refractivity contribution >= 4 is 45.6 Å². The van der Waals surface area contributed by atoms with Crippen LogP contribution in [0.15, 0.2) is 24.3 Å². The van der Waals surface area contributed by atoms with Gasteiger partial charge < -0.3 is 20.9 Å². The number of nitrogens with zero attached hydrogens (tertiary/aromatic N) is 2. The fourth-order valence-corrected chi connectivity index (χ4v) is 2.82. The Morgan fingerprint density at radius 3 is 2.46 bits per heavy atom. The number of nitrogen functional groups attached to an aromatic ring is 2. The summed E-state index contributed by atoms with van der Waals surface area (Å²) in [6.45, 7) is -0.196. The molecule has 0 amide bonds. The van der Waals surface area contributed by atoms with Gasteiger partial charge in [-0.05, 0) is 18.2 Å². The summed E-state index contributed by atoms with van der Waals surface area (Å²) in [6, 6.07) is 5.54. The Morgan fingerprint density at radius 2 is 1.71 bits per heavy atom. The number of fused-ring (bicyclic) bond motifs is 1. The molecule has 148 valence electrons. The van der Waals surface area contributed by atoms with Crippen LogP contribution in [0.5, 0.6) is 5.75 Å². The second kappa shape index (κ2) is 8.72. The van der Waals surface area contributed by atoms with E-state index >= 15 is 0 Å². The van der Waals surface area contributed by atoms with Gasteiger partial charge in [0, 0.05) is 11.5 Å². The van der Waals surface area contributed by atoms with Gasteiger partial charge >= 0.3 is 0 Å². The molecule has 2 aromatic carbocycles. The molecular weight excluding hydrogens is 413 g/mol. The average molecular weight is 429 g/mol. The Kier molecular flexibility index (Phi) is 6.33. The van der Waals surface area contributed by atoms with E-state index in [1.165, 1.54) is 6.07 Å². The van der Waals surface area contributed by atoms with E-state index in [0.717, 1.165) is 6.07 Å². The molecule has 1 heterocycles. The van der Waals surface area contributed by atoms with Crippen molar-refractivity contribution in [3.8, 4) is 17.1 Å². The smallest absolute Gasteiger partial charge is 0.165 e. The minimum Gasteiger partial charge on any atom is -0.489 e. The third-order valence-corrected chi connectivity index (χ3v) is 4.54. The number of nitrogens with two attached hydrogens (primary N) is 2. The number of hydrogen-bond acceptors (Lipinski definition) is 6. The van der Waals surface area contributed by atoms with Gasteiger partial charge in [0.15, 0.2) is 5.82 Å². The van der Waals surface area contributed by atoms with Crippen molar-refractivity contribution in [2.75, 3.05) is 38.0 Å². The minimum absolute atomic E-state index is 0.00109. The van der Waals surface area contributed by atoms with Gasteiger partial charge in [-0.15, -0.1) is 0 Å². The minimum atomic E-state index is -0.634. The number of hydrogen-bond donors (Lipinski definition) is 2. The van der Waals surface area contributed by atoms with Gasteiger partial charge in [0.25, 0.3) is 0 Å². The molecule has 10 heteroatoms. The Balaban J connectivity index is 1.97. The van der Waals surface area contributed by atoms with Crippen molar-refractivity contribution in [2.45, 2.75) is 0 Å². The first kappa shape index (κ1) is 20.3. The second-order valence-electron chi connectivity index (χ2n) is 5.74. The molecule has 0 aliphatic rings. The Hall–Kier alpha value is -2.42. The van der Waals surface area contributed by atoms with Crippen molar-refractivity contribution in [3.05, 3.63) is 40.1 Å². The number of aromatic nitrogens is 2. The number of benzene rings is 2. The summed E-state index contributed by atoms with van der Waals surface area (Å²) in [5.41, 5.74) is 12.8. The van der Waals surface area contributed by atoms with E-state index in [0.29, 0.717) is 22.3 Å². The van der Waals surface area contributed by atoms with E-state index in [4.69, 9.17) is 44.1 Å². The maximum Gasteiger partial charge on any atom is 0.165 e. The molecule has 0 saturated heterocycles. The normalized spacial score (nSPS) is 11.1. The van der Waals surface area contributed by atoms with Gasteiger partial charge in [-0.3, -0.25) is 0 Å². The van der Waals surface area contributed by atoms with Crippen LogP contribution < -0.4 is 16.2 Å². The monoisotopic (exact) mass is 428 g/mol. The molecule has 28 heavy (non-hydrogen) atoms. The van der Waals surface area contributed by atoms with E-state index in [1.807, 2.05) is 0 Å². The Bertz CT molecular complexity index is 1020. The SMILES string of the molecule is Nc1cc2c(N)nc(-c3cc(Cl)c(Cl)cc3F)nc2cc1OCCOCCF. The number of ether oxygens (including phenoxy) is 2. The third kappa shape index (κ3) is 4.35. The summed E-state index contributed by atoms with van der Waals surface area (Å²) < 4.78 is 36.9. The zero-order valence-electron chi connectivity index (χ0n) is 14.5. The third-order valence-electron chi connectivity index (χ3n) is 3.81. The van der Waals surface area contributed by atoms with Crippen molar-refractivity contribution in [2.24, 2.45) is 0 Å². The van der Waals surface area contributed by atoms with E-state index in [-0.39, 0.29) is 47.1 Å². The Morgan fingerprint density at radius 1 is 0.964 bits per heavy atom. The average Bonchev–Trinajstić information content (AvgIpc) is 2.65. The van der Waals surface area contributed by atoms with Gasteiger partial charge in [0.2, 0.25) is 0 Å². The molecular formula is C18H16Cl2F2N4O2. The topological polar surface area (TPSA) is 96.3 Å². The van der Waals surface area contributed by atoms with E-state index in [9.17, 15) is 8.78 Å². The van der Waals surface area contributed by atoms with Crippen LogP contribution in [0.3, 0.4) is 0 Å². The molecule has 3 aromatic rings. The highest BCUT2D eigenvalue weighted by Gasteiger charge is 2.16. The predicted molar refractivity (Wildman–Crippen MR) is 106 cm³/mol. The van der Waals surface area contributed by atoms with Crippen LogP contribution in [0.2, 0.25) is 10.0 Å². The summed E-state index contributed by atoms with van der Waals surface area (Å²) in [6.07, 6.45) is 0. The van der Waals surface area contributed by atoms with Gasteiger partial charge in [0.1, 0.15) is 30.7 Å². The second-order valence-corrected chi connectivity index (χ2v) is 6.55.